The average molecular weight is 436 g/mol. The maximum Gasteiger partial charge on any atom is 0.315 e. The van der Waals surface area contributed by atoms with E-state index in [4.69, 9.17) is 5.41 Å². The van der Waals surface area contributed by atoms with Gasteiger partial charge in [-0.2, -0.15) is 0 Å². The topological polar surface area (TPSA) is 97.3 Å². The van der Waals surface area contributed by atoms with Crippen molar-refractivity contribution in [3.05, 3.63) is 71.3 Å². The zero-order valence-electron chi connectivity index (χ0n) is 19.2. The molecule has 0 aromatic heterocycles. The fourth-order valence-electron chi connectivity index (χ4n) is 4.09. The molecule has 1 fully saturated rings. The van der Waals surface area contributed by atoms with Gasteiger partial charge >= 0.3 is 6.03 Å². The number of guanidine groups is 1. The minimum Gasteiger partial charge on any atom is -0.342 e. The molecule has 0 radical (unpaired) electrons. The van der Waals surface area contributed by atoms with Crippen molar-refractivity contribution in [3.63, 3.8) is 0 Å². The molecule has 7 nitrogen and oxygen atoms in total. The second kappa shape index (κ2) is 9.85. The van der Waals surface area contributed by atoms with E-state index in [0.717, 1.165) is 16.7 Å². The van der Waals surface area contributed by atoms with Crippen molar-refractivity contribution >= 4 is 17.9 Å². The van der Waals surface area contributed by atoms with Gasteiger partial charge in [0.25, 0.3) is 5.91 Å². The number of nitrogens with zero attached hydrogens (tertiary/aromatic N) is 1. The van der Waals surface area contributed by atoms with Crippen molar-refractivity contribution in [2.24, 2.45) is 5.92 Å². The van der Waals surface area contributed by atoms with Crippen molar-refractivity contribution in [3.8, 4) is 0 Å². The second-order valence-corrected chi connectivity index (χ2v) is 9.07. The molecule has 0 spiro atoms. The molecule has 4 N–H and O–H groups in total. The first-order valence-corrected chi connectivity index (χ1v) is 11.0. The van der Waals surface area contributed by atoms with Gasteiger partial charge in [-0.1, -0.05) is 68.4 Å². The van der Waals surface area contributed by atoms with Crippen LogP contribution in [0.2, 0.25) is 0 Å². The van der Waals surface area contributed by atoms with Crippen molar-refractivity contribution in [2.45, 2.75) is 58.8 Å². The first-order chi connectivity index (χ1) is 15.2. The monoisotopic (exact) mass is 435 g/mol. The molecule has 2 aromatic carbocycles. The van der Waals surface area contributed by atoms with Crippen LogP contribution in [0, 0.1) is 11.3 Å². The van der Waals surface area contributed by atoms with Gasteiger partial charge in [0.15, 0.2) is 5.96 Å². The smallest absolute Gasteiger partial charge is 0.315 e. The predicted molar refractivity (Wildman–Crippen MR) is 126 cm³/mol. The van der Waals surface area contributed by atoms with E-state index in [1.165, 1.54) is 4.90 Å². The van der Waals surface area contributed by atoms with Gasteiger partial charge in [-0.3, -0.25) is 15.1 Å². The number of benzene rings is 2. The summed E-state index contributed by atoms with van der Waals surface area (Å²) in [7, 11) is 0. The fraction of sp³-hybridized carbons (Fsp3) is 0.400. The standard InChI is InChI=1S/C25H33N5O2/c1-17(2)14-25(4)22(31)30(23(26)29-25)16-20-12-10-19(11-13-20)15-27-24(32)28-18(3)21-8-6-5-7-9-21/h5-13,17-18H,14-16H2,1-4H3,(H2,26,29)(H2,27,28,32)/t18-,25?/m0/s1. The Morgan fingerprint density at radius 2 is 1.69 bits per heavy atom. The van der Waals surface area contributed by atoms with Crippen molar-refractivity contribution < 1.29 is 9.59 Å². The van der Waals surface area contributed by atoms with Gasteiger partial charge in [0, 0.05) is 6.54 Å². The fourth-order valence-corrected chi connectivity index (χ4v) is 4.09. The van der Waals surface area contributed by atoms with Crippen LogP contribution < -0.4 is 16.0 Å². The molecule has 170 valence electrons. The molecule has 32 heavy (non-hydrogen) atoms. The molecular weight excluding hydrogens is 402 g/mol. The Hall–Kier alpha value is -3.35. The van der Waals surface area contributed by atoms with Crippen molar-refractivity contribution in [1.29, 1.82) is 5.41 Å². The predicted octanol–water partition coefficient (Wildman–Crippen LogP) is 3.92. The summed E-state index contributed by atoms with van der Waals surface area (Å²) in [6, 6.07) is 17.2. The molecular formula is C25H33N5O2. The van der Waals surface area contributed by atoms with Crippen LogP contribution in [0.15, 0.2) is 54.6 Å². The molecule has 0 bridgehead atoms. The minimum absolute atomic E-state index is 0.0637. The number of amides is 3. The minimum atomic E-state index is -0.723. The van der Waals surface area contributed by atoms with E-state index in [-0.39, 0.29) is 23.9 Å². The van der Waals surface area contributed by atoms with Crippen LogP contribution in [-0.2, 0) is 17.9 Å². The number of urea groups is 1. The Kier molecular flexibility index (Phi) is 7.18. The first kappa shape index (κ1) is 23.3. The Balaban J connectivity index is 1.51. The molecule has 2 atom stereocenters. The van der Waals surface area contributed by atoms with E-state index < -0.39 is 5.54 Å². The summed E-state index contributed by atoms with van der Waals surface area (Å²) in [4.78, 5) is 26.6. The van der Waals surface area contributed by atoms with E-state index in [1.54, 1.807) is 0 Å². The highest BCUT2D eigenvalue weighted by molar-refractivity contribution is 6.07. The largest absolute Gasteiger partial charge is 0.342 e. The van der Waals surface area contributed by atoms with Gasteiger partial charge in [-0.05, 0) is 42.9 Å². The third kappa shape index (κ3) is 5.66. The maximum atomic E-state index is 12.9. The molecule has 1 aliphatic heterocycles. The number of nitrogens with one attached hydrogen (secondary N) is 4. The molecule has 1 aliphatic rings. The summed E-state index contributed by atoms with van der Waals surface area (Å²) in [5.74, 6) is 0.433. The number of carbonyl (C=O) groups excluding carboxylic acids is 2. The van der Waals surface area contributed by atoms with Crippen molar-refractivity contribution in [2.75, 3.05) is 0 Å². The van der Waals surface area contributed by atoms with E-state index in [2.05, 4.69) is 29.8 Å². The Morgan fingerprint density at radius 1 is 1.06 bits per heavy atom. The van der Waals surface area contributed by atoms with Gasteiger partial charge in [0.05, 0.1) is 12.6 Å². The lowest BCUT2D eigenvalue weighted by Crippen LogP contribution is -2.44. The Bertz CT molecular complexity index is 958. The molecule has 1 heterocycles. The normalized spacial score (nSPS) is 19.1. The third-order valence-electron chi connectivity index (χ3n) is 5.66. The van der Waals surface area contributed by atoms with Gasteiger partial charge in [-0.15, -0.1) is 0 Å². The Labute approximate surface area is 190 Å². The van der Waals surface area contributed by atoms with Crippen LogP contribution in [0.4, 0.5) is 4.79 Å². The summed E-state index contributed by atoms with van der Waals surface area (Å²) in [5, 5.41) is 17.1. The number of hydrogen-bond acceptors (Lipinski definition) is 3. The highest BCUT2D eigenvalue weighted by Gasteiger charge is 2.45. The zero-order valence-corrected chi connectivity index (χ0v) is 19.2. The molecule has 2 aromatic rings. The lowest BCUT2D eigenvalue weighted by molar-refractivity contribution is -0.131. The van der Waals surface area contributed by atoms with Gasteiger partial charge < -0.3 is 16.0 Å². The quantitative estimate of drug-likeness (QED) is 0.506. The molecule has 1 saturated heterocycles. The van der Waals surface area contributed by atoms with Gasteiger partial charge in [0.1, 0.15) is 5.54 Å². The number of hydrogen-bond donors (Lipinski definition) is 4. The van der Waals surface area contributed by atoms with Crippen LogP contribution in [0.5, 0.6) is 0 Å². The van der Waals surface area contributed by atoms with Crippen LogP contribution in [-0.4, -0.2) is 28.3 Å². The van der Waals surface area contributed by atoms with Crippen LogP contribution in [0.25, 0.3) is 0 Å². The summed E-state index contributed by atoms with van der Waals surface area (Å²) in [5.41, 5.74) is 2.22. The highest BCUT2D eigenvalue weighted by atomic mass is 16.2. The first-order valence-electron chi connectivity index (χ1n) is 11.0. The number of rotatable bonds is 8. The molecule has 7 heteroatoms. The molecule has 3 amide bonds. The van der Waals surface area contributed by atoms with E-state index in [0.29, 0.717) is 25.4 Å². The van der Waals surface area contributed by atoms with Crippen molar-refractivity contribution in [1.82, 2.24) is 20.9 Å². The summed E-state index contributed by atoms with van der Waals surface area (Å²) in [6.45, 7) is 8.70. The summed E-state index contributed by atoms with van der Waals surface area (Å²) in [6.07, 6.45) is 0.681. The van der Waals surface area contributed by atoms with Crippen LogP contribution >= 0.6 is 0 Å². The van der Waals surface area contributed by atoms with Gasteiger partial charge in [-0.25, -0.2) is 4.79 Å². The van der Waals surface area contributed by atoms with E-state index in [9.17, 15) is 9.59 Å². The van der Waals surface area contributed by atoms with E-state index >= 15 is 0 Å². The lowest BCUT2D eigenvalue weighted by atomic mass is 9.91. The Morgan fingerprint density at radius 3 is 2.31 bits per heavy atom. The van der Waals surface area contributed by atoms with Gasteiger partial charge in [0.2, 0.25) is 0 Å². The van der Waals surface area contributed by atoms with Crippen LogP contribution in [0.3, 0.4) is 0 Å². The second-order valence-electron chi connectivity index (χ2n) is 9.07. The van der Waals surface area contributed by atoms with E-state index in [1.807, 2.05) is 68.4 Å². The SMILES string of the molecule is CC(C)CC1(C)NC(=N)N(Cc2ccc(CNC(=O)N[C@@H](C)c3ccccc3)cc2)C1=O. The molecule has 0 saturated carbocycles. The summed E-state index contributed by atoms with van der Waals surface area (Å²) >= 11 is 0. The molecule has 3 rings (SSSR count). The third-order valence-corrected chi connectivity index (χ3v) is 5.66. The average Bonchev–Trinajstić information content (AvgIpc) is 2.96. The maximum absolute atomic E-state index is 12.9. The number of carbonyl (C=O) groups is 2. The molecule has 1 unspecified atom stereocenters. The zero-order chi connectivity index (χ0) is 23.3. The van der Waals surface area contributed by atoms with Crippen LogP contribution in [0.1, 0.15) is 56.8 Å². The lowest BCUT2D eigenvalue weighted by Gasteiger charge is -2.24. The highest BCUT2D eigenvalue weighted by Crippen LogP contribution is 2.26. The molecule has 0 aliphatic carbocycles. The summed E-state index contributed by atoms with van der Waals surface area (Å²) < 4.78 is 0.